The summed E-state index contributed by atoms with van der Waals surface area (Å²) >= 11 is 1.50. The first-order valence-electron chi connectivity index (χ1n) is 8.56. The van der Waals surface area contributed by atoms with Gasteiger partial charge in [-0.1, -0.05) is 19.1 Å². The molecular weight excluding hydrogens is 350 g/mol. The van der Waals surface area contributed by atoms with Crippen molar-refractivity contribution in [1.29, 1.82) is 0 Å². The summed E-state index contributed by atoms with van der Waals surface area (Å²) in [4.78, 5) is 30.6. The Kier molecular flexibility index (Phi) is 5.68. The van der Waals surface area contributed by atoms with E-state index in [0.29, 0.717) is 23.2 Å². The molecule has 2 heterocycles. The summed E-state index contributed by atoms with van der Waals surface area (Å²) in [6, 6.07) is 9.61. The van der Waals surface area contributed by atoms with Crippen molar-refractivity contribution in [3.63, 3.8) is 0 Å². The summed E-state index contributed by atoms with van der Waals surface area (Å²) in [5, 5.41) is 0.539. The minimum atomic E-state index is -0.254. The highest BCUT2D eigenvalue weighted by molar-refractivity contribution is 7.18. The number of hydrogen-bond donors (Lipinski definition) is 1. The number of benzene rings is 1. The first kappa shape index (κ1) is 18.1. The Morgan fingerprint density at radius 3 is 2.96 bits per heavy atom. The van der Waals surface area contributed by atoms with Crippen LogP contribution in [0.1, 0.15) is 30.2 Å². The fourth-order valence-electron chi connectivity index (χ4n) is 2.54. The monoisotopic (exact) mass is 371 g/mol. The Bertz CT molecular complexity index is 978. The molecule has 3 rings (SSSR count). The molecule has 0 spiro atoms. The van der Waals surface area contributed by atoms with Gasteiger partial charge in [0, 0.05) is 11.3 Å². The maximum Gasteiger partial charge on any atom is 0.280 e. The molecule has 0 radical (unpaired) electrons. The van der Waals surface area contributed by atoms with Gasteiger partial charge in [-0.15, -0.1) is 11.3 Å². The van der Waals surface area contributed by atoms with Crippen LogP contribution >= 0.6 is 11.3 Å². The number of ether oxygens (including phenoxy) is 1. The first-order chi connectivity index (χ1) is 12.6. The number of aryl methyl sites for hydroxylation is 2. The number of carbonyl (C=O) groups is 1. The zero-order valence-corrected chi connectivity index (χ0v) is 15.6. The molecule has 6 nitrogen and oxygen atoms in total. The quantitative estimate of drug-likeness (QED) is 0.647. The Morgan fingerprint density at radius 1 is 1.35 bits per heavy atom. The number of carbonyl (C=O) groups excluding carboxylic acids is 1. The molecule has 0 fully saturated rings. The second kappa shape index (κ2) is 8.14. The molecule has 3 aromatic rings. The lowest BCUT2D eigenvalue weighted by molar-refractivity contribution is -0.117. The van der Waals surface area contributed by atoms with E-state index in [1.54, 1.807) is 0 Å². The fourth-order valence-corrected chi connectivity index (χ4v) is 3.47. The summed E-state index contributed by atoms with van der Waals surface area (Å²) in [5.74, 6) is 0.549. The highest BCUT2D eigenvalue weighted by Gasteiger charge is 2.10. The van der Waals surface area contributed by atoms with Crippen LogP contribution in [-0.4, -0.2) is 22.2 Å². The molecule has 0 aliphatic heterocycles. The third-order valence-electron chi connectivity index (χ3n) is 3.90. The maximum atomic E-state index is 12.4. The van der Waals surface area contributed by atoms with E-state index in [4.69, 9.17) is 4.74 Å². The third kappa shape index (κ3) is 4.29. The van der Waals surface area contributed by atoms with Gasteiger partial charge in [-0.25, -0.2) is 9.66 Å². The average Bonchev–Trinajstić information content (AvgIpc) is 3.06. The number of hydrogen-bond acceptors (Lipinski definition) is 5. The predicted octanol–water partition coefficient (Wildman–Crippen LogP) is 3.26. The van der Waals surface area contributed by atoms with Crippen molar-refractivity contribution in [1.82, 2.24) is 9.66 Å². The van der Waals surface area contributed by atoms with Crippen molar-refractivity contribution >= 4 is 27.5 Å². The largest absolute Gasteiger partial charge is 0.494 e. The lowest BCUT2D eigenvalue weighted by Crippen LogP contribution is -2.33. The first-order valence-corrected chi connectivity index (χ1v) is 9.38. The number of thiophene rings is 1. The number of amides is 1. The van der Waals surface area contributed by atoms with Gasteiger partial charge >= 0.3 is 0 Å². The van der Waals surface area contributed by atoms with Gasteiger partial charge in [-0.3, -0.25) is 15.0 Å². The van der Waals surface area contributed by atoms with Gasteiger partial charge in [0.2, 0.25) is 5.91 Å². The molecule has 1 aromatic carbocycles. The van der Waals surface area contributed by atoms with Gasteiger partial charge in [0.1, 0.15) is 16.9 Å². The minimum absolute atomic E-state index is 0.243. The zero-order valence-electron chi connectivity index (χ0n) is 14.8. The summed E-state index contributed by atoms with van der Waals surface area (Å²) in [6.07, 6.45) is 3.04. The Labute approximate surface area is 155 Å². The molecule has 7 heteroatoms. The summed E-state index contributed by atoms with van der Waals surface area (Å²) < 4.78 is 6.78. The Balaban J connectivity index is 1.54. The van der Waals surface area contributed by atoms with Crippen LogP contribution in [0.5, 0.6) is 5.75 Å². The van der Waals surface area contributed by atoms with Crippen molar-refractivity contribution in [2.45, 2.75) is 33.1 Å². The molecule has 0 atom stereocenters. The van der Waals surface area contributed by atoms with Crippen LogP contribution in [0, 0.1) is 6.92 Å². The highest BCUT2D eigenvalue weighted by Crippen LogP contribution is 2.20. The van der Waals surface area contributed by atoms with Gasteiger partial charge in [-0.05, 0) is 43.5 Å². The van der Waals surface area contributed by atoms with Crippen LogP contribution in [0.4, 0.5) is 0 Å². The van der Waals surface area contributed by atoms with Crippen LogP contribution in [-0.2, 0) is 11.2 Å². The van der Waals surface area contributed by atoms with Crippen molar-refractivity contribution in [2.24, 2.45) is 0 Å². The number of nitrogens with zero attached hydrogens (tertiary/aromatic N) is 2. The van der Waals surface area contributed by atoms with Crippen LogP contribution in [0.25, 0.3) is 10.2 Å². The van der Waals surface area contributed by atoms with Gasteiger partial charge in [0.15, 0.2) is 0 Å². The van der Waals surface area contributed by atoms with Crippen molar-refractivity contribution in [3.8, 4) is 5.75 Å². The molecule has 0 saturated carbocycles. The van der Waals surface area contributed by atoms with Gasteiger partial charge < -0.3 is 4.74 Å². The van der Waals surface area contributed by atoms with Crippen LogP contribution in [0.15, 0.2) is 41.5 Å². The minimum Gasteiger partial charge on any atom is -0.494 e. The average molecular weight is 371 g/mol. The number of fused-ring (bicyclic) bond motifs is 1. The number of aromatic nitrogens is 2. The third-order valence-corrected chi connectivity index (χ3v) is 5.09. The summed E-state index contributed by atoms with van der Waals surface area (Å²) in [7, 11) is 0. The zero-order chi connectivity index (χ0) is 18.5. The predicted molar refractivity (Wildman–Crippen MR) is 104 cm³/mol. The van der Waals surface area contributed by atoms with Crippen LogP contribution < -0.4 is 15.7 Å². The summed E-state index contributed by atoms with van der Waals surface area (Å²) in [6.45, 7) is 4.47. The van der Waals surface area contributed by atoms with Gasteiger partial charge in [0.05, 0.1) is 12.0 Å². The molecule has 0 saturated heterocycles. The number of nitrogens with one attached hydrogen (secondary N) is 1. The van der Waals surface area contributed by atoms with Crippen LogP contribution in [0.2, 0.25) is 0 Å². The SMILES string of the molecule is CCc1cc2c(=O)n(NC(=O)CCCOc3cccc(C)c3)cnc2s1. The van der Waals surface area contributed by atoms with E-state index in [1.165, 1.54) is 17.7 Å². The van der Waals surface area contributed by atoms with E-state index in [9.17, 15) is 9.59 Å². The molecule has 26 heavy (non-hydrogen) atoms. The topological polar surface area (TPSA) is 73.2 Å². The fraction of sp³-hybridized carbons (Fsp3) is 0.316. The Morgan fingerprint density at radius 2 is 2.19 bits per heavy atom. The Hall–Kier alpha value is -2.67. The van der Waals surface area contributed by atoms with Crippen molar-refractivity contribution in [3.05, 3.63) is 57.5 Å². The number of rotatable bonds is 7. The molecule has 0 aliphatic carbocycles. The van der Waals surface area contributed by atoms with E-state index in [2.05, 4.69) is 10.4 Å². The molecule has 0 unspecified atom stereocenters. The molecule has 136 valence electrons. The molecule has 0 bridgehead atoms. The molecule has 1 N–H and O–H groups in total. The lowest BCUT2D eigenvalue weighted by atomic mass is 10.2. The van der Waals surface area contributed by atoms with Crippen molar-refractivity contribution in [2.75, 3.05) is 12.0 Å². The van der Waals surface area contributed by atoms with Gasteiger partial charge in [0.25, 0.3) is 5.56 Å². The second-order valence-corrected chi connectivity index (χ2v) is 7.12. The lowest BCUT2D eigenvalue weighted by Gasteiger charge is -2.08. The molecular formula is C19H21N3O3S. The van der Waals surface area contributed by atoms with Gasteiger partial charge in [-0.2, -0.15) is 0 Å². The smallest absolute Gasteiger partial charge is 0.280 e. The maximum absolute atomic E-state index is 12.4. The molecule has 1 amide bonds. The van der Waals surface area contributed by atoms with E-state index in [-0.39, 0.29) is 17.9 Å². The molecule has 0 aliphatic rings. The van der Waals surface area contributed by atoms with E-state index < -0.39 is 0 Å². The van der Waals surface area contributed by atoms with E-state index in [0.717, 1.165) is 27.3 Å². The highest BCUT2D eigenvalue weighted by atomic mass is 32.1. The standard InChI is InChI=1S/C19H21N3O3S/c1-3-15-11-16-18(26-15)20-12-22(19(16)24)21-17(23)8-5-9-25-14-7-4-6-13(2)10-14/h4,6-7,10-12H,3,5,8-9H2,1-2H3,(H,21,23). The van der Waals surface area contributed by atoms with E-state index in [1.807, 2.05) is 44.2 Å². The summed E-state index contributed by atoms with van der Waals surface area (Å²) in [5.41, 5.74) is 3.46. The van der Waals surface area contributed by atoms with Crippen molar-refractivity contribution < 1.29 is 9.53 Å². The van der Waals surface area contributed by atoms with E-state index >= 15 is 0 Å². The second-order valence-electron chi connectivity index (χ2n) is 6.01. The normalized spacial score (nSPS) is 10.8. The molecule has 2 aromatic heterocycles. The van der Waals surface area contributed by atoms with Crippen LogP contribution in [0.3, 0.4) is 0 Å².